The lowest BCUT2D eigenvalue weighted by atomic mass is 9.96. The Morgan fingerprint density at radius 1 is 1.40 bits per heavy atom. The molecule has 2 atom stereocenters. The highest BCUT2D eigenvalue weighted by atomic mass is 16.5. The van der Waals surface area contributed by atoms with Crippen molar-refractivity contribution in [2.75, 3.05) is 0 Å². The van der Waals surface area contributed by atoms with Crippen LogP contribution in [0.25, 0.3) is 0 Å². The molecule has 0 saturated heterocycles. The van der Waals surface area contributed by atoms with Gasteiger partial charge in [-0.1, -0.05) is 37.3 Å². The highest BCUT2D eigenvalue weighted by molar-refractivity contribution is 5.66. The predicted octanol–water partition coefficient (Wildman–Crippen LogP) is 2.25. The maximum Gasteiger partial charge on any atom is 0.303 e. The summed E-state index contributed by atoms with van der Waals surface area (Å²) in [5.74, 6) is -0.538. The van der Waals surface area contributed by atoms with Crippen molar-refractivity contribution in [2.45, 2.75) is 25.9 Å². The lowest BCUT2D eigenvalue weighted by Crippen LogP contribution is -2.20. The lowest BCUT2D eigenvalue weighted by molar-refractivity contribution is -0.144. The van der Waals surface area contributed by atoms with Gasteiger partial charge < -0.3 is 4.74 Å². The number of nitriles is 1. The van der Waals surface area contributed by atoms with Crippen LogP contribution in [0.1, 0.15) is 25.3 Å². The van der Waals surface area contributed by atoms with Gasteiger partial charge in [0.05, 0.1) is 0 Å². The second-order valence-electron chi connectivity index (χ2n) is 3.36. The van der Waals surface area contributed by atoms with Crippen molar-refractivity contribution in [3.8, 4) is 6.07 Å². The maximum absolute atomic E-state index is 10.8. The molecular formula is C12H13NO2. The molecular weight excluding hydrogens is 190 g/mol. The van der Waals surface area contributed by atoms with Gasteiger partial charge in [-0.3, -0.25) is 4.79 Å². The monoisotopic (exact) mass is 203 g/mol. The summed E-state index contributed by atoms with van der Waals surface area (Å²) in [6.07, 6.45) is -0.718. The van der Waals surface area contributed by atoms with E-state index in [1.807, 2.05) is 43.3 Å². The van der Waals surface area contributed by atoms with E-state index in [0.717, 1.165) is 5.56 Å². The van der Waals surface area contributed by atoms with Crippen LogP contribution in [0.2, 0.25) is 0 Å². The second kappa shape index (κ2) is 5.16. The molecule has 0 fully saturated rings. The predicted molar refractivity (Wildman–Crippen MR) is 56.0 cm³/mol. The summed E-state index contributed by atoms with van der Waals surface area (Å²) >= 11 is 0. The highest BCUT2D eigenvalue weighted by Crippen LogP contribution is 2.20. The largest absolute Gasteiger partial charge is 0.446 e. The number of hydrogen-bond donors (Lipinski definition) is 0. The molecule has 0 bridgehead atoms. The summed E-state index contributed by atoms with van der Waals surface area (Å²) in [6.45, 7) is 3.17. The molecule has 0 aliphatic carbocycles. The van der Waals surface area contributed by atoms with Crippen molar-refractivity contribution in [3.05, 3.63) is 35.9 Å². The van der Waals surface area contributed by atoms with E-state index in [1.54, 1.807) is 0 Å². The zero-order valence-corrected chi connectivity index (χ0v) is 8.81. The molecule has 1 rings (SSSR count). The number of rotatable bonds is 3. The first kappa shape index (κ1) is 11.3. The van der Waals surface area contributed by atoms with Gasteiger partial charge in [0.15, 0.2) is 6.10 Å². The van der Waals surface area contributed by atoms with Crippen LogP contribution in [0.5, 0.6) is 0 Å². The SMILES string of the molecule is CC(=O)O[C@@H](C#N)[C@H](C)c1ccccc1. The third-order valence-electron chi connectivity index (χ3n) is 2.20. The molecule has 0 radical (unpaired) electrons. The van der Waals surface area contributed by atoms with E-state index >= 15 is 0 Å². The fourth-order valence-electron chi connectivity index (χ4n) is 1.35. The highest BCUT2D eigenvalue weighted by Gasteiger charge is 2.20. The van der Waals surface area contributed by atoms with E-state index in [9.17, 15) is 4.79 Å². The zero-order chi connectivity index (χ0) is 11.3. The molecule has 0 heterocycles. The zero-order valence-electron chi connectivity index (χ0n) is 8.81. The van der Waals surface area contributed by atoms with Crippen molar-refractivity contribution in [1.29, 1.82) is 5.26 Å². The Labute approximate surface area is 89.3 Å². The fraction of sp³-hybridized carbons (Fsp3) is 0.333. The quantitative estimate of drug-likeness (QED) is 0.708. The van der Waals surface area contributed by atoms with Gasteiger partial charge in [0, 0.05) is 12.8 Å². The molecule has 0 N–H and O–H groups in total. The average Bonchev–Trinajstić information content (AvgIpc) is 2.26. The van der Waals surface area contributed by atoms with Crippen LogP contribution in [0.3, 0.4) is 0 Å². The number of ether oxygens (including phenoxy) is 1. The average molecular weight is 203 g/mol. The van der Waals surface area contributed by atoms with Crippen LogP contribution in [-0.4, -0.2) is 12.1 Å². The van der Waals surface area contributed by atoms with E-state index in [0.29, 0.717) is 0 Å². The van der Waals surface area contributed by atoms with E-state index < -0.39 is 12.1 Å². The van der Waals surface area contributed by atoms with Crippen molar-refractivity contribution in [3.63, 3.8) is 0 Å². The van der Waals surface area contributed by atoms with Gasteiger partial charge in [-0.15, -0.1) is 0 Å². The summed E-state index contributed by atoms with van der Waals surface area (Å²) in [5.41, 5.74) is 0.991. The van der Waals surface area contributed by atoms with Crippen LogP contribution in [0, 0.1) is 11.3 Å². The minimum atomic E-state index is -0.718. The van der Waals surface area contributed by atoms with Crippen LogP contribution in [-0.2, 0) is 9.53 Å². The molecule has 1 aromatic rings. The van der Waals surface area contributed by atoms with Crippen LogP contribution >= 0.6 is 0 Å². The molecule has 3 heteroatoms. The molecule has 15 heavy (non-hydrogen) atoms. The normalized spacial score (nSPS) is 13.7. The van der Waals surface area contributed by atoms with E-state index in [-0.39, 0.29) is 5.92 Å². The molecule has 0 aliphatic heterocycles. The molecule has 1 aromatic carbocycles. The molecule has 0 aromatic heterocycles. The standard InChI is InChI=1S/C12H13NO2/c1-9(11-6-4-3-5-7-11)12(8-13)15-10(2)14/h3-7,9,12H,1-2H3/t9-,12+/m1/s1. The Kier molecular flexibility index (Phi) is 3.87. The molecule has 0 saturated carbocycles. The van der Waals surface area contributed by atoms with Gasteiger partial charge >= 0.3 is 5.97 Å². The molecule has 0 amide bonds. The van der Waals surface area contributed by atoms with Crippen molar-refractivity contribution in [2.24, 2.45) is 0 Å². The van der Waals surface area contributed by atoms with Crippen LogP contribution in [0.15, 0.2) is 30.3 Å². The van der Waals surface area contributed by atoms with Crippen LogP contribution < -0.4 is 0 Å². The van der Waals surface area contributed by atoms with E-state index in [1.165, 1.54) is 6.92 Å². The molecule has 0 unspecified atom stereocenters. The first-order chi connectivity index (χ1) is 7.15. The summed E-state index contributed by atoms with van der Waals surface area (Å²) in [6, 6.07) is 11.5. The number of nitrogens with zero attached hydrogens (tertiary/aromatic N) is 1. The number of carbonyl (C=O) groups is 1. The number of esters is 1. The Bertz CT molecular complexity index is 367. The molecule has 0 aliphatic rings. The van der Waals surface area contributed by atoms with Crippen molar-refractivity contribution >= 4 is 5.97 Å². The van der Waals surface area contributed by atoms with Gasteiger partial charge in [0.2, 0.25) is 0 Å². The Balaban J connectivity index is 2.79. The minimum absolute atomic E-state index is 0.111. The van der Waals surface area contributed by atoms with Gasteiger partial charge in [-0.05, 0) is 5.56 Å². The minimum Gasteiger partial charge on any atom is -0.446 e. The third-order valence-corrected chi connectivity index (χ3v) is 2.20. The summed E-state index contributed by atoms with van der Waals surface area (Å²) in [4.78, 5) is 10.8. The molecule has 0 spiro atoms. The smallest absolute Gasteiger partial charge is 0.303 e. The molecule has 3 nitrogen and oxygen atoms in total. The van der Waals surface area contributed by atoms with E-state index in [4.69, 9.17) is 10.00 Å². The topological polar surface area (TPSA) is 50.1 Å². The van der Waals surface area contributed by atoms with Crippen LogP contribution in [0.4, 0.5) is 0 Å². The maximum atomic E-state index is 10.8. The summed E-state index contributed by atoms with van der Waals surface area (Å²) in [7, 11) is 0. The number of carbonyl (C=O) groups excluding carboxylic acids is 1. The van der Waals surface area contributed by atoms with E-state index in [2.05, 4.69) is 0 Å². The van der Waals surface area contributed by atoms with Crippen molar-refractivity contribution in [1.82, 2.24) is 0 Å². The van der Waals surface area contributed by atoms with Crippen molar-refractivity contribution < 1.29 is 9.53 Å². The first-order valence-electron chi connectivity index (χ1n) is 4.77. The fourth-order valence-corrected chi connectivity index (χ4v) is 1.35. The second-order valence-corrected chi connectivity index (χ2v) is 3.36. The lowest BCUT2D eigenvalue weighted by Gasteiger charge is -2.17. The Morgan fingerprint density at radius 2 is 2.00 bits per heavy atom. The summed E-state index contributed by atoms with van der Waals surface area (Å²) in [5, 5.41) is 8.88. The van der Waals surface area contributed by atoms with Gasteiger partial charge in [0.1, 0.15) is 6.07 Å². The van der Waals surface area contributed by atoms with Gasteiger partial charge in [-0.25, -0.2) is 0 Å². The molecule has 78 valence electrons. The number of hydrogen-bond acceptors (Lipinski definition) is 3. The van der Waals surface area contributed by atoms with Gasteiger partial charge in [0.25, 0.3) is 0 Å². The third kappa shape index (κ3) is 3.10. The Hall–Kier alpha value is -1.82. The Morgan fingerprint density at radius 3 is 2.47 bits per heavy atom. The summed E-state index contributed by atoms with van der Waals surface area (Å²) < 4.78 is 4.92. The number of benzene rings is 1. The first-order valence-corrected chi connectivity index (χ1v) is 4.77. The van der Waals surface area contributed by atoms with Gasteiger partial charge in [-0.2, -0.15) is 5.26 Å².